The molecule has 2 aliphatic rings. The second-order valence-electron chi connectivity index (χ2n) is 7.30. The largest absolute Gasteiger partial charge is 0.475 e. The minimum atomic E-state index is -4.05. The Labute approximate surface area is 187 Å². The predicted octanol–water partition coefficient (Wildman–Crippen LogP) is 2.43. The summed E-state index contributed by atoms with van der Waals surface area (Å²) >= 11 is 5.86. The summed E-state index contributed by atoms with van der Waals surface area (Å²) in [5, 5.41) is -0.128. The number of nitrogen functional groups attached to an aromatic ring is 1. The molecule has 1 unspecified atom stereocenters. The van der Waals surface area contributed by atoms with Gasteiger partial charge in [0.2, 0.25) is 5.28 Å². The number of hydrogen-bond acceptors (Lipinski definition) is 11. The number of phosphoric acid groups is 1. The lowest BCUT2D eigenvalue weighted by atomic mass is 10.1. The molecule has 4 rings (SSSR count). The van der Waals surface area contributed by atoms with Gasteiger partial charge in [-0.15, -0.1) is 0 Å². The minimum Gasteiger partial charge on any atom is -0.466 e. The first kappa shape index (κ1) is 23.3. The van der Waals surface area contributed by atoms with Gasteiger partial charge in [-0.3, -0.25) is 22.9 Å². The number of halogens is 2. The van der Waals surface area contributed by atoms with E-state index in [1.165, 1.54) is 10.9 Å². The van der Waals surface area contributed by atoms with E-state index < -0.39 is 44.3 Å². The number of esters is 1. The van der Waals surface area contributed by atoms with Gasteiger partial charge in [0.15, 0.2) is 23.9 Å². The van der Waals surface area contributed by atoms with E-state index in [1.54, 1.807) is 13.8 Å². The Morgan fingerprint density at radius 1 is 1.50 bits per heavy atom. The second-order valence-corrected chi connectivity index (χ2v) is 9.26. The number of aromatic nitrogens is 4. The van der Waals surface area contributed by atoms with Gasteiger partial charge in [0.05, 0.1) is 32.1 Å². The monoisotopic (exact) mass is 493 g/mol. The van der Waals surface area contributed by atoms with Gasteiger partial charge in [-0.2, -0.15) is 9.97 Å². The van der Waals surface area contributed by atoms with Crippen molar-refractivity contribution in [1.82, 2.24) is 19.5 Å². The number of nitrogens with zero attached hydrogens (tertiary/aromatic N) is 4. The quantitative estimate of drug-likeness (QED) is 0.344. The van der Waals surface area contributed by atoms with Crippen LogP contribution in [0.3, 0.4) is 0 Å². The third-order valence-electron chi connectivity index (χ3n) is 5.10. The van der Waals surface area contributed by atoms with E-state index >= 15 is 4.39 Å². The number of carbonyl (C=O) groups excluding carboxylic acids is 1. The highest BCUT2D eigenvalue weighted by Crippen LogP contribution is 2.57. The van der Waals surface area contributed by atoms with Crippen LogP contribution in [0, 0.1) is 5.92 Å². The summed E-state index contributed by atoms with van der Waals surface area (Å²) < 4.78 is 55.9. The topological polar surface area (TPSA) is 150 Å². The summed E-state index contributed by atoms with van der Waals surface area (Å²) in [5.74, 6) is -0.824. The Morgan fingerprint density at radius 3 is 3.03 bits per heavy atom. The lowest BCUT2D eigenvalue weighted by Gasteiger charge is -2.30. The fraction of sp³-hybridized carbons (Fsp3) is 0.647. The molecule has 0 spiro atoms. The summed E-state index contributed by atoms with van der Waals surface area (Å²) in [4.78, 5) is 23.6. The average molecular weight is 494 g/mol. The van der Waals surface area contributed by atoms with E-state index in [2.05, 4.69) is 15.0 Å². The van der Waals surface area contributed by atoms with Crippen molar-refractivity contribution < 1.29 is 36.8 Å². The van der Waals surface area contributed by atoms with E-state index in [0.29, 0.717) is 0 Å². The fourth-order valence-electron chi connectivity index (χ4n) is 3.43. The Bertz CT molecular complexity index is 1060. The van der Waals surface area contributed by atoms with Gasteiger partial charge in [0.25, 0.3) is 0 Å². The zero-order valence-electron chi connectivity index (χ0n) is 17.2. The number of rotatable bonds is 7. The van der Waals surface area contributed by atoms with Crippen molar-refractivity contribution in [3.63, 3.8) is 0 Å². The maximum Gasteiger partial charge on any atom is 0.475 e. The Morgan fingerprint density at radius 2 is 2.28 bits per heavy atom. The number of phosphoric ester groups is 1. The summed E-state index contributed by atoms with van der Waals surface area (Å²) in [6, 6.07) is 0. The third kappa shape index (κ3) is 4.45. The minimum absolute atomic E-state index is 0.0408. The van der Waals surface area contributed by atoms with Crippen molar-refractivity contribution in [1.29, 1.82) is 0 Å². The molecule has 2 aromatic rings. The van der Waals surface area contributed by atoms with E-state index in [-0.39, 0.29) is 48.5 Å². The number of hydrogen-bond donors (Lipinski definition) is 1. The first-order valence-corrected chi connectivity index (χ1v) is 11.8. The molecule has 2 aliphatic heterocycles. The van der Waals surface area contributed by atoms with Gasteiger partial charge >= 0.3 is 13.8 Å². The molecule has 2 saturated heterocycles. The number of alkyl halides is 1. The maximum absolute atomic E-state index is 15.3. The molecule has 2 aromatic heterocycles. The van der Waals surface area contributed by atoms with Crippen LogP contribution >= 0.6 is 19.4 Å². The van der Waals surface area contributed by atoms with Gasteiger partial charge in [-0.25, -0.2) is 13.9 Å². The molecule has 0 bridgehead atoms. The Balaban J connectivity index is 1.43. The van der Waals surface area contributed by atoms with Crippen LogP contribution in [-0.4, -0.2) is 63.7 Å². The molecule has 0 saturated carbocycles. The van der Waals surface area contributed by atoms with E-state index in [0.717, 1.165) is 0 Å². The average Bonchev–Trinajstić information content (AvgIpc) is 3.29. The van der Waals surface area contributed by atoms with Gasteiger partial charge < -0.3 is 15.2 Å². The first-order chi connectivity index (χ1) is 15.2. The number of nitrogens with two attached hydrogens (primary N) is 1. The highest BCUT2D eigenvalue weighted by molar-refractivity contribution is 7.48. The van der Waals surface area contributed by atoms with Crippen LogP contribution in [0.2, 0.25) is 5.28 Å². The Hall–Kier alpha value is -1.89. The van der Waals surface area contributed by atoms with Crippen molar-refractivity contribution in [2.45, 2.75) is 44.9 Å². The lowest BCUT2D eigenvalue weighted by molar-refractivity contribution is -0.147. The second kappa shape index (κ2) is 9.16. The van der Waals surface area contributed by atoms with Crippen LogP contribution in [0.1, 0.15) is 26.5 Å². The smallest absolute Gasteiger partial charge is 0.466 e. The summed E-state index contributed by atoms with van der Waals surface area (Å²) in [7, 11) is -4.05. The SMILES string of the molecule is CCOC(=O)[C@@H](C)CCOP1(=O)OC[C@H]2O[C@@H](n3cnc4c(N)nc(Cl)nc43)[C@@H](F)[C@@H]2O1. The number of carbonyl (C=O) groups is 1. The van der Waals surface area contributed by atoms with Crippen molar-refractivity contribution in [2.24, 2.45) is 5.92 Å². The molecule has 0 aromatic carbocycles. The van der Waals surface area contributed by atoms with Gasteiger partial charge in [-0.1, -0.05) is 6.92 Å². The zero-order valence-corrected chi connectivity index (χ0v) is 18.9. The molecule has 32 heavy (non-hydrogen) atoms. The summed E-state index contributed by atoms with van der Waals surface area (Å²) in [6.45, 7) is 3.30. The standard InChI is InChI=1S/C17H22ClFN5O7P/c1-3-27-16(25)8(2)4-5-28-32(26)29-6-9-12(31-32)10(19)15(30-9)24-7-21-11-13(20)22-17(18)23-14(11)24/h7-10,12,15H,3-6H2,1-2H3,(H2,20,22,23)/t8-,9+,10-,12+,15+,32?/m0/s1. The fourth-order valence-corrected chi connectivity index (χ4v) is 5.01. The highest BCUT2D eigenvalue weighted by atomic mass is 35.5. The van der Waals surface area contributed by atoms with E-state index in [1.807, 2.05) is 0 Å². The molecular formula is C17H22ClFN5O7P. The van der Waals surface area contributed by atoms with Crippen LogP contribution in [-0.2, 0) is 32.4 Å². The molecule has 6 atom stereocenters. The normalized spacial score (nSPS) is 30.9. The van der Waals surface area contributed by atoms with Crippen molar-refractivity contribution in [3.05, 3.63) is 11.6 Å². The first-order valence-electron chi connectivity index (χ1n) is 9.91. The van der Waals surface area contributed by atoms with Gasteiger partial charge in [0, 0.05) is 0 Å². The van der Waals surface area contributed by atoms with E-state index in [9.17, 15) is 9.36 Å². The van der Waals surface area contributed by atoms with Gasteiger partial charge in [0.1, 0.15) is 17.7 Å². The van der Waals surface area contributed by atoms with Crippen LogP contribution in [0.15, 0.2) is 6.33 Å². The van der Waals surface area contributed by atoms with Gasteiger partial charge in [-0.05, 0) is 24.9 Å². The maximum atomic E-state index is 15.3. The highest BCUT2D eigenvalue weighted by Gasteiger charge is 2.54. The van der Waals surface area contributed by atoms with Crippen LogP contribution < -0.4 is 5.73 Å². The summed E-state index contributed by atoms with van der Waals surface area (Å²) in [6.07, 6.45) is -3.47. The molecule has 176 valence electrons. The summed E-state index contributed by atoms with van der Waals surface area (Å²) in [5.41, 5.74) is 6.21. The molecular weight excluding hydrogens is 472 g/mol. The molecule has 0 amide bonds. The molecule has 0 radical (unpaired) electrons. The molecule has 4 heterocycles. The predicted molar refractivity (Wildman–Crippen MR) is 108 cm³/mol. The zero-order chi connectivity index (χ0) is 23.0. The number of ether oxygens (including phenoxy) is 2. The molecule has 12 nitrogen and oxygen atoms in total. The van der Waals surface area contributed by atoms with Crippen molar-refractivity contribution in [3.8, 4) is 0 Å². The molecule has 15 heteroatoms. The van der Waals surface area contributed by atoms with Crippen LogP contribution in [0.5, 0.6) is 0 Å². The van der Waals surface area contributed by atoms with Crippen molar-refractivity contribution >= 4 is 42.4 Å². The van der Waals surface area contributed by atoms with Crippen LogP contribution in [0.25, 0.3) is 11.2 Å². The number of imidazole rings is 1. The third-order valence-corrected chi connectivity index (χ3v) is 6.73. The lowest BCUT2D eigenvalue weighted by Crippen LogP contribution is -2.38. The van der Waals surface area contributed by atoms with E-state index in [4.69, 9.17) is 40.4 Å². The molecule has 0 aliphatic carbocycles. The molecule has 2 fully saturated rings. The number of fused-ring (bicyclic) bond motifs is 2. The van der Waals surface area contributed by atoms with Crippen molar-refractivity contribution in [2.75, 3.05) is 25.6 Å². The number of anilines is 1. The molecule has 2 N–H and O–H groups in total. The Kier molecular flexibility index (Phi) is 6.66. The van der Waals surface area contributed by atoms with Crippen LogP contribution in [0.4, 0.5) is 10.2 Å².